The van der Waals surface area contributed by atoms with Crippen molar-refractivity contribution >= 4 is 17.9 Å². The van der Waals surface area contributed by atoms with Gasteiger partial charge in [-0.1, -0.05) is 36.9 Å². The Labute approximate surface area is 171 Å². The first-order valence-electron chi connectivity index (χ1n) is 9.25. The summed E-state index contributed by atoms with van der Waals surface area (Å²) < 4.78 is 11.1. The Balaban J connectivity index is 1.81. The first-order valence-corrected chi connectivity index (χ1v) is 9.25. The molecule has 2 aromatic rings. The van der Waals surface area contributed by atoms with Crippen molar-refractivity contribution in [2.75, 3.05) is 6.61 Å². The molecule has 152 valence electrons. The van der Waals surface area contributed by atoms with Crippen molar-refractivity contribution in [2.24, 2.45) is 0 Å². The second-order valence-corrected chi connectivity index (χ2v) is 6.44. The number of hydrogen-bond acceptors (Lipinski definition) is 4. The summed E-state index contributed by atoms with van der Waals surface area (Å²) in [5, 5.41) is 0. The Morgan fingerprint density at radius 2 is 1.83 bits per heavy atom. The first kappa shape index (κ1) is 21.8. The zero-order valence-electron chi connectivity index (χ0n) is 16.9. The maximum absolute atomic E-state index is 12.2. The quantitative estimate of drug-likeness (QED) is 0.408. The molecule has 0 saturated heterocycles. The fourth-order valence-electron chi connectivity index (χ4n) is 2.36. The van der Waals surface area contributed by atoms with Crippen LogP contribution in [0.25, 0.3) is 6.08 Å². The molecule has 0 unspecified atom stereocenters. The van der Waals surface area contributed by atoms with Gasteiger partial charge in [-0.3, -0.25) is 20.4 Å². The lowest BCUT2D eigenvalue weighted by atomic mass is 10.1. The average Bonchev–Trinajstić information content (AvgIpc) is 2.72. The van der Waals surface area contributed by atoms with Crippen LogP contribution in [0.1, 0.15) is 23.6 Å². The van der Waals surface area contributed by atoms with Crippen LogP contribution in [0.3, 0.4) is 0 Å². The highest BCUT2D eigenvalue weighted by atomic mass is 16.5. The van der Waals surface area contributed by atoms with Gasteiger partial charge in [0.05, 0.1) is 0 Å². The minimum absolute atomic E-state index is 0.433. The lowest BCUT2D eigenvalue weighted by molar-refractivity contribution is -0.131. The summed E-state index contributed by atoms with van der Waals surface area (Å²) in [5.74, 6) is 0.455. The first-order chi connectivity index (χ1) is 13.9. The highest BCUT2D eigenvalue weighted by Crippen LogP contribution is 2.21. The molecular formula is C23H26N2O4. The van der Waals surface area contributed by atoms with Crippen LogP contribution in [0.2, 0.25) is 0 Å². The number of rotatable bonds is 8. The molecule has 0 aliphatic carbocycles. The minimum atomic E-state index is -0.761. The number of aryl methyl sites for hydroxylation is 1. The van der Waals surface area contributed by atoms with Crippen molar-refractivity contribution in [1.29, 1.82) is 0 Å². The molecule has 0 heterocycles. The number of carbonyl (C=O) groups is 2. The van der Waals surface area contributed by atoms with Gasteiger partial charge >= 0.3 is 0 Å². The third-order valence-corrected chi connectivity index (χ3v) is 4.21. The molecule has 2 N–H and O–H groups in total. The van der Waals surface area contributed by atoms with E-state index in [-0.39, 0.29) is 0 Å². The van der Waals surface area contributed by atoms with Crippen molar-refractivity contribution in [3.05, 3.63) is 77.9 Å². The number of carbonyl (C=O) groups excluding carboxylic acids is 2. The summed E-state index contributed by atoms with van der Waals surface area (Å²) in [5.41, 5.74) is 7.58. The molecule has 2 amide bonds. The summed E-state index contributed by atoms with van der Waals surface area (Å²) in [7, 11) is 0. The smallest absolute Gasteiger partial charge is 0.279 e. The van der Waals surface area contributed by atoms with Gasteiger partial charge in [0.2, 0.25) is 0 Å². The summed E-state index contributed by atoms with van der Waals surface area (Å²) in [6.07, 6.45) is 3.87. The molecule has 0 fully saturated rings. The summed E-state index contributed by atoms with van der Waals surface area (Å²) in [6.45, 7) is 9.55. The highest BCUT2D eigenvalue weighted by molar-refractivity contribution is 5.93. The van der Waals surface area contributed by atoms with Gasteiger partial charge in [0.1, 0.15) is 18.1 Å². The monoisotopic (exact) mass is 394 g/mol. The van der Waals surface area contributed by atoms with E-state index in [1.165, 1.54) is 6.08 Å². The highest BCUT2D eigenvalue weighted by Gasteiger charge is 2.16. The fraction of sp³-hybridized carbons (Fsp3) is 0.217. The van der Waals surface area contributed by atoms with E-state index in [1.54, 1.807) is 37.3 Å². The molecule has 29 heavy (non-hydrogen) atoms. The molecule has 1 atom stereocenters. The summed E-state index contributed by atoms with van der Waals surface area (Å²) in [4.78, 5) is 24.1. The predicted molar refractivity (Wildman–Crippen MR) is 113 cm³/mol. The third kappa shape index (κ3) is 6.84. The molecule has 2 rings (SSSR count). The Hall–Kier alpha value is -3.54. The molecule has 6 nitrogen and oxygen atoms in total. The molecule has 0 aliphatic heterocycles. The normalized spacial score (nSPS) is 11.6. The van der Waals surface area contributed by atoms with Gasteiger partial charge < -0.3 is 9.47 Å². The third-order valence-electron chi connectivity index (χ3n) is 4.21. The maximum atomic E-state index is 12.2. The van der Waals surface area contributed by atoms with Crippen LogP contribution in [-0.2, 0) is 9.59 Å². The average molecular weight is 394 g/mol. The Bertz CT molecular complexity index is 888. The topological polar surface area (TPSA) is 76.7 Å². The van der Waals surface area contributed by atoms with Crippen LogP contribution in [0.15, 0.2) is 61.2 Å². The van der Waals surface area contributed by atoms with Gasteiger partial charge in [0, 0.05) is 6.08 Å². The van der Waals surface area contributed by atoms with E-state index in [9.17, 15) is 9.59 Å². The van der Waals surface area contributed by atoms with Crippen molar-refractivity contribution in [3.63, 3.8) is 0 Å². The van der Waals surface area contributed by atoms with E-state index in [0.717, 1.165) is 22.4 Å². The fourth-order valence-corrected chi connectivity index (χ4v) is 2.36. The van der Waals surface area contributed by atoms with E-state index in [0.29, 0.717) is 12.4 Å². The van der Waals surface area contributed by atoms with Crippen LogP contribution in [0, 0.1) is 13.8 Å². The molecule has 6 heteroatoms. The van der Waals surface area contributed by atoms with E-state index in [4.69, 9.17) is 9.47 Å². The van der Waals surface area contributed by atoms with E-state index < -0.39 is 17.9 Å². The van der Waals surface area contributed by atoms with Gasteiger partial charge in [-0.05, 0) is 61.7 Å². The number of hydrogen-bond donors (Lipinski definition) is 2. The second kappa shape index (κ2) is 10.7. The maximum Gasteiger partial charge on any atom is 0.279 e. The van der Waals surface area contributed by atoms with Crippen LogP contribution in [-0.4, -0.2) is 24.5 Å². The zero-order valence-corrected chi connectivity index (χ0v) is 16.9. The van der Waals surface area contributed by atoms with Crippen molar-refractivity contribution in [3.8, 4) is 11.5 Å². The van der Waals surface area contributed by atoms with Gasteiger partial charge in [-0.15, -0.1) is 0 Å². The van der Waals surface area contributed by atoms with Crippen LogP contribution in [0.4, 0.5) is 0 Å². The van der Waals surface area contributed by atoms with Crippen molar-refractivity contribution < 1.29 is 19.1 Å². The largest absolute Gasteiger partial charge is 0.490 e. The molecule has 0 aliphatic rings. The number of nitrogens with one attached hydrogen (secondary N) is 2. The predicted octanol–water partition coefficient (Wildman–Crippen LogP) is 3.50. The molecule has 0 saturated carbocycles. The van der Waals surface area contributed by atoms with E-state index >= 15 is 0 Å². The molecular weight excluding hydrogens is 368 g/mol. The Morgan fingerprint density at radius 1 is 1.10 bits per heavy atom. The van der Waals surface area contributed by atoms with Gasteiger partial charge in [-0.25, -0.2) is 0 Å². The number of benzene rings is 2. The number of hydrazine groups is 1. The molecule has 0 bridgehead atoms. The summed E-state index contributed by atoms with van der Waals surface area (Å²) >= 11 is 0. The molecule has 0 radical (unpaired) electrons. The molecule has 0 spiro atoms. The van der Waals surface area contributed by atoms with E-state index in [1.807, 2.05) is 38.1 Å². The number of amides is 2. The Kier molecular flexibility index (Phi) is 8.03. The van der Waals surface area contributed by atoms with Crippen LogP contribution < -0.4 is 20.3 Å². The molecule has 2 aromatic carbocycles. The standard InChI is InChI=1S/C23H26N2O4/c1-5-15-28-20-12-9-19(10-13-20)11-14-22(26)24-25-23(27)18(4)29-21-8-6-7-16(2)17(21)3/h5-14,18H,1,15H2,2-4H3,(H,24,26)(H,25,27)/b14-11+/t18-/m0/s1. The van der Waals surface area contributed by atoms with Crippen LogP contribution >= 0.6 is 0 Å². The van der Waals surface area contributed by atoms with Crippen molar-refractivity contribution in [1.82, 2.24) is 10.9 Å². The lowest BCUT2D eigenvalue weighted by Crippen LogP contribution is -2.46. The summed E-state index contributed by atoms with van der Waals surface area (Å²) in [6, 6.07) is 12.9. The van der Waals surface area contributed by atoms with Gasteiger partial charge in [-0.2, -0.15) is 0 Å². The van der Waals surface area contributed by atoms with Crippen LogP contribution in [0.5, 0.6) is 11.5 Å². The lowest BCUT2D eigenvalue weighted by Gasteiger charge is -2.17. The minimum Gasteiger partial charge on any atom is -0.490 e. The van der Waals surface area contributed by atoms with Crippen molar-refractivity contribution in [2.45, 2.75) is 26.9 Å². The Morgan fingerprint density at radius 3 is 2.52 bits per heavy atom. The van der Waals surface area contributed by atoms with Gasteiger partial charge in [0.15, 0.2) is 6.10 Å². The molecule has 0 aromatic heterocycles. The second-order valence-electron chi connectivity index (χ2n) is 6.44. The SMILES string of the molecule is C=CCOc1ccc(/C=C/C(=O)NNC(=O)[C@H](C)Oc2cccc(C)c2C)cc1. The zero-order chi connectivity index (χ0) is 21.2. The van der Waals surface area contributed by atoms with Gasteiger partial charge in [0.25, 0.3) is 11.8 Å². The number of ether oxygens (including phenoxy) is 2. The van der Waals surface area contributed by atoms with E-state index in [2.05, 4.69) is 17.4 Å².